The Kier molecular flexibility index (Phi) is 7.47. The average molecular weight is 533 g/mol. The third-order valence-corrected chi connectivity index (χ3v) is 6.57. The quantitative estimate of drug-likeness (QED) is 0.376. The molecule has 0 bridgehead atoms. The molecule has 1 aliphatic carbocycles. The Labute approximate surface area is 225 Å². The van der Waals surface area contributed by atoms with Crippen molar-refractivity contribution in [2.75, 3.05) is 0 Å². The second kappa shape index (κ2) is 11.0. The maximum Gasteiger partial charge on any atom is 0.338 e. The third-order valence-electron chi connectivity index (χ3n) is 6.57. The van der Waals surface area contributed by atoms with Crippen molar-refractivity contribution in [3.8, 4) is 0 Å². The van der Waals surface area contributed by atoms with E-state index in [1.807, 2.05) is 0 Å². The number of hydrogen-bond donors (Lipinski definition) is 1. The van der Waals surface area contributed by atoms with Crippen LogP contribution in [0.25, 0.3) is 0 Å². The lowest BCUT2D eigenvalue weighted by Gasteiger charge is -2.43. The molecular formula is C30H28O9. The predicted octanol–water partition coefficient (Wildman–Crippen LogP) is 3.56. The van der Waals surface area contributed by atoms with Crippen molar-refractivity contribution in [2.24, 2.45) is 0 Å². The lowest BCUT2D eigenvalue weighted by molar-refractivity contribution is -0.194. The second-order valence-corrected chi connectivity index (χ2v) is 9.76. The van der Waals surface area contributed by atoms with Crippen molar-refractivity contribution in [1.82, 2.24) is 0 Å². The molecular weight excluding hydrogens is 504 g/mol. The van der Waals surface area contributed by atoms with Gasteiger partial charge in [-0.3, -0.25) is 0 Å². The zero-order chi connectivity index (χ0) is 27.6. The van der Waals surface area contributed by atoms with Crippen LogP contribution in [-0.2, 0) is 23.7 Å². The summed E-state index contributed by atoms with van der Waals surface area (Å²) in [5.74, 6) is -3.35. The first-order valence-corrected chi connectivity index (χ1v) is 12.6. The number of aliphatic hydroxyl groups excluding tert-OH is 1. The maximum absolute atomic E-state index is 13.1. The minimum Gasteiger partial charge on any atom is -0.453 e. The van der Waals surface area contributed by atoms with Crippen LogP contribution in [0.4, 0.5) is 0 Å². The average Bonchev–Trinajstić information content (AvgIpc) is 3.28. The van der Waals surface area contributed by atoms with Gasteiger partial charge in [-0.2, -0.15) is 0 Å². The van der Waals surface area contributed by atoms with Gasteiger partial charge in [0.05, 0.1) is 16.7 Å². The van der Waals surface area contributed by atoms with E-state index < -0.39 is 60.3 Å². The summed E-state index contributed by atoms with van der Waals surface area (Å²) in [6, 6.07) is 24.7. The van der Waals surface area contributed by atoms with Crippen molar-refractivity contribution >= 4 is 17.9 Å². The van der Waals surface area contributed by atoms with Crippen LogP contribution >= 0.6 is 0 Å². The van der Waals surface area contributed by atoms with Crippen LogP contribution in [0.15, 0.2) is 91.0 Å². The van der Waals surface area contributed by atoms with Gasteiger partial charge in [0.25, 0.3) is 0 Å². The summed E-state index contributed by atoms with van der Waals surface area (Å²) in [6.45, 7) is 3.30. The van der Waals surface area contributed by atoms with E-state index in [1.165, 1.54) is 0 Å². The fraction of sp³-hybridized carbons (Fsp3) is 0.300. The number of aliphatic hydroxyl groups is 1. The summed E-state index contributed by atoms with van der Waals surface area (Å²) < 4.78 is 29.4. The van der Waals surface area contributed by atoms with Gasteiger partial charge in [0.2, 0.25) is 0 Å². The standard InChI is InChI=1S/C30H28O9/c1-30(2)38-25-23(36-28(33)19-14-8-4-9-15-19)21(31)22(35-27(32)18-12-6-3-7-13-18)24(26(25)39-30)37-29(34)20-16-10-5-11-17-20/h3-17,21-26,31H,1-2H3/t21-,22-,23+,24+,25-,26+/m0/s1. The minimum absolute atomic E-state index is 0.224. The predicted molar refractivity (Wildman–Crippen MR) is 137 cm³/mol. The molecule has 3 aromatic rings. The number of fused-ring (bicyclic) bond motifs is 1. The monoisotopic (exact) mass is 532 g/mol. The molecule has 9 heteroatoms. The zero-order valence-corrected chi connectivity index (χ0v) is 21.3. The van der Waals surface area contributed by atoms with Crippen molar-refractivity contribution in [3.63, 3.8) is 0 Å². The number of ether oxygens (including phenoxy) is 5. The third kappa shape index (κ3) is 5.70. The van der Waals surface area contributed by atoms with E-state index >= 15 is 0 Å². The van der Waals surface area contributed by atoms with Crippen LogP contribution in [0.5, 0.6) is 0 Å². The van der Waals surface area contributed by atoms with Crippen molar-refractivity contribution in [1.29, 1.82) is 0 Å². The highest BCUT2D eigenvalue weighted by molar-refractivity contribution is 5.91. The van der Waals surface area contributed by atoms with Crippen molar-refractivity contribution < 1.29 is 43.2 Å². The first-order chi connectivity index (χ1) is 18.7. The van der Waals surface area contributed by atoms with Gasteiger partial charge in [-0.25, -0.2) is 14.4 Å². The molecule has 1 heterocycles. The fourth-order valence-corrected chi connectivity index (χ4v) is 4.79. The Bertz CT molecular complexity index is 1310. The number of hydrogen-bond acceptors (Lipinski definition) is 9. The Morgan fingerprint density at radius 3 is 1.33 bits per heavy atom. The summed E-state index contributed by atoms with van der Waals surface area (Å²) in [6.07, 6.45) is -7.69. The van der Waals surface area contributed by atoms with Crippen molar-refractivity contribution in [2.45, 2.75) is 56.3 Å². The topological polar surface area (TPSA) is 118 Å². The van der Waals surface area contributed by atoms with E-state index in [0.29, 0.717) is 0 Å². The van der Waals surface area contributed by atoms with Gasteiger partial charge < -0.3 is 28.8 Å². The number of rotatable bonds is 6. The molecule has 0 unspecified atom stereocenters. The lowest BCUT2D eigenvalue weighted by Crippen LogP contribution is -2.65. The molecule has 6 atom stereocenters. The number of carbonyl (C=O) groups is 3. The van der Waals surface area contributed by atoms with Gasteiger partial charge in [0.15, 0.2) is 24.1 Å². The lowest BCUT2D eigenvalue weighted by atomic mass is 9.84. The molecule has 2 aliphatic rings. The van der Waals surface area contributed by atoms with Gasteiger partial charge in [0, 0.05) is 0 Å². The maximum atomic E-state index is 13.1. The van der Waals surface area contributed by atoms with Gasteiger partial charge in [-0.1, -0.05) is 54.6 Å². The van der Waals surface area contributed by atoms with Crippen LogP contribution in [0.3, 0.4) is 0 Å². The molecule has 1 N–H and O–H groups in total. The van der Waals surface area contributed by atoms with Crippen LogP contribution in [0.1, 0.15) is 44.9 Å². The summed E-state index contributed by atoms with van der Waals surface area (Å²) in [5.41, 5.74) is 0.740. The Morgan fingerprint density at radius 1 is 0.590 bits per heavy atom. The molecule has 5 rings (SSSR count). The molecule has 0 spiro atoms. The SMILES string of the molecule is CC1(C)O[C@H]2[C@@H](O1)[C@H](OC(=O)c1ccccc1)[C@@H](O)[C@H](OC(=O)c1ccccc1)[C@H]2OC(=O)c1ccccc1. The molecule has 39 heavy (non-hydrogen) atoms. The Balaban J connectivity index is 1.49. The van der Waals surface area contributed by atoms with Gasteiger partial charge in [-0.05, 0) is 50.2 Å². The molecule has 0 radical (unpaired) electrons. The van der Waals surface area contributed by atoms with Crippen LogP contribution in [0, 0.1) is 0 Å². The van der Waals surface area contributed by atoms with Gasteiger partial charge >= 0.3 is 17.9 Å². The van der Waals surface area contributed by atoms with E-state index in [9.17, 15) is 19.5 Å². The molecule has 2 fully saturated rings. The highest BCUT2D eigenvalue weighted by atomic mass is 16.8. The normalized spacial score (nSPS) is 27.2. The molecule has 0 amide bonds. The van der Waals surface area contributed by atoms with Crippen LogP contribution < -0.4 is 0 Å². The largest absolute Gasteiger partial charge is 0.453 e. The summed E-state index contributed by atoms with van der Waals surface area (Å²) in [5, 5.41) is 11.5. The molecule has 1 saturated carbocycles. The van der Waals surface area contributed by atoms with Gasteiger partial charge in [0.1, 0.15) is 18.3 Å². The summed E-state index contributed by atoms with van der Waals surface area (Å²) in [7, 11) is 0. The Hall–Kier alpha value is -4.05. The molecule has 202 valence electrons. The van der Waals surface area contributed by atoms with Crippen molar-refractivity contribution in [3.05, 3.63) is 108 Å². The zero-order valence-electron chi connectivity index (χ0n) is 21.3. The number of carbonyl (C=O) groups excluding carboxylic acids is 3. The molecule has 9 nitrogen and oxygen atoms in total. The number of benzene rings is 3. The van der Waals surface area contributed by atoms with E-state index in [4.69, 9.17) is 23.7 Å². The molecule has 1 saturated heterocycles. The fourth-order valence-electron chi connectivity index (χ4n) is 4.79. The smallest absolute Gasteiger partial charge is 0.338 e. The summed E-state index contributed by atoms with van der Waals surface area (Å²) in [4.78, 5) is 39.1. The minimum atomic E-state index is -1.61. The highest BCUT2D eigenvalue weighted by Crippen LogP contribution is 2.41. The first-order valence-electron chi connectivity index (χ1n) is 12.6. The van der Waals surface area contributed by atoms with E-state index in [-0.39, 0.29) is 16.7 Å². The number of esters is 3. The van der Waals surface area contributed by atoms with Crippen LogP contribution in [0.2, 0.25) is 0 Å². The van der Waals surface area contributed by atoms with E-state index in [0.717, 1.165) is 0 Å². The van der Waals surface area contributed by atoms with Crippen LogP contribution in [-0.4, -0.2) is 65.4 Å². The van der Waals surface area contributed by atoms with Gasteiger partial charge in [-0.15, -0.1) is 0 Å². The second-order valence-electron chi connectivity index (χ2n) is 9.76. The molecule has 1 aliphatic heterocycles. The van der Waals surface area contributed by atoms with E-state index in [2.05, 4.69) is 0 Å². The highest BCUT2D eigenvalue weighted by Gasteiger charge is 2.62. The Morgan fingerprint density at radius 2 is 0.923 bits per heavy atom. The molecule has 0 aromatic heterocycles. The first kappa shape index (κ1) is 26.6. The van der Waals surface area contributed by atoms with E-state index in [1.54, 1.807) is 105 Å². The molecule has 3 aromatic carbocycles. The summed E-state index contributed by atoms with van der Waals surface area (Å²) >= 11 is 0.